The van der Waals surface area contributed by atoms with Crippen LogP contribution >= 0.6 is 0 Å². The van der Waals surface area contributed by atoms with Crippen molar-refractivity contribution in [2.24, 2.45) is 0 Å². The Labute approximate surface area is 251 Å². The molecule has 0 bridgehead atoms. The van der Waals surface area contributed by atoms with Crippen LogP contribution in [0.15, 0.2) is 77.7 Å². The van der Waals surface area contributed by atoms with Crippen molar-refractivity contribution in [3.05, 3.63) is 95.1 Å². The Morgan fingerprint density at radius 2 is 1.48 bits per heavy atom. The molecule has 4 rings (SSSR count). The SMILES string of the molecule is CCC(C(=O)NC1CCCCC1)N(Cc1cccc(C)c1)C(=O)CN(c1ccc(C)cc1)S(=O)(=O)c1ccc(C)cc1. The molecule has 1 aliphatic rings. The van der Waals surface area contributed by atoms with Gasteiger partial charge < -0.3 is 10.2 Å². The summed E-state index contributed by atoms with van der Waals surface area (Å²) in [6, 6.07) is 20.9. The van der Waals surface area contributed by atoms with Gasteiger partial charge in [0.05, 0.1) is 10.6 Å². The molecule has 0 heterocycles. The van der Waals surface area contributed by atoms with E-state index in [1.165, 1.54) is 6.42 Å². The van der Waals surface area contributed by atoms with E-state index in [0.717, 1.165) is 52.2 Å². The van der Waals surface area contributed by atoms with Gasteiger partial charge in [-0.3, -0.25) is 13.9 Å². The molecule has 3 aromatic carbocycles. The highest BCUT2D eigenvalue weighted by molar-refractivity contribution is 7.92. The summed E-state index contributed by atoms with van der Waals surface area (Å²) in [5.41, 5.74) is 4.23. The maximum atomic E-state index is 14.3. The number of nitrogens with zero attached hydrogens (tertiary/aromatic N) is 2. The van der Waals surface area contributed by atoms with Crippen LogP contribution in [0.3, 0.4) is 0 Å². The maximum Gasteiger partial charge on any atom is 0.264 e. The van der Waals surface area contributed by atoms with Gasteiger partial charge in [-0.25, -0.2) is 8.42 Å². The number of hydrogen-bond acceptors (Lipinski definition) is 4. The first-order valence-electron chi connectivity index (χ1n) is 14.9. The van der Waals surface area contributed by atoms with E-state index in [0.29, 0.717) is 12.1 Å². The number of aryl methyl sites for hydroxylation is 3. The van der Waals surface area contributed by atoms with Gasteiger partial charge in [-0.1, -0.05) is 91.4 Å². The molecule has 0 aromatic heterocycles. The Balaban J connectivity index is 1.70. The normalized spacial score (nSPS) is 14.7. The number of nitrogens with one attached hydrogen (secondary N) is 1. The van der Waals surface area contributed by atoms with E-state index in [4.69, 9.17) is 0 Å². The Hall–Kier alpha value is -3.65. The minimum Gasteiger partial charge on any atom is -0.352 e. The zero-order chi connectivity index (χ0) is 30.3. The summed E-state index contributed by atoms with van der Waals surface area (Å²) < 4.78 is 29.2. The Morgan fingerprint density at radius 1 is 0.857 bits per heavy atom. The van der Waals surface area contributed by atoms with Crippen LogP contribution in [0.25, 0.3) is 0 Å². The zero-order valence-electron chi connectivity index (χ0n) is 25.2. The lowest BCUT2D eigenvalue weighted by atomic mass is 9.95. The molecule has 1 aliphatic carbocycles. The fourth-order valence-electron chi connectivity index (χ4n) is 5.55. The molecule has 1 fully saturated rings. The quantitative estimate of drug-likeness (QED) is 0.294. The topological polar surface area (TPSA) is 86.8 Å². The van der Waals surface area contributed by atoms with Gasteiger partial charge in [-0.15, -0.1) is 0 Å². The van der Waals surface area contributed by atoms with Crippen LogP contribution < -0.4 is 9.62 Å². The summed E-state index contributed by atoms with van der Waals surface area (Å²) in [6.45, 7) is 7.46. The molecule has 0 saturated heterocycles. The van der Waals surface area contributed by atoms with Crippen molar-refractivity contribution >= 4 is 27.5 Å². The number of carbonyl (C=O) groups is 2. The first kappa shape index (κ1) is 31.3. The summed E-state index contributed by atoms with van der Waals surface area (Å²) in [5.74, 6) is -0.618. The molecule has 7 nitrogen and oxygen atoms in total. The molecule has 0 aliphatic heterocycles. The lowest BCUT2D eigenvalue weighted by molar-refractivity contribution is -0.140. The van der Waals surface area contributed by atoms with Gasteiger partial charge in [0.1, 0.15) is 12.6 Å². The highest BCUT2D eigenvalue weighted by Gasteiger charge is 2.34. The van der Waals surface area contributed by atoms with Crippen molar-refractivity contribution in [3.63, 3.8) is 0 Å². The van der Waals surface area contributed by atoms with E-state index >= 15 is 0 Å². The van der Waals surface area contributed by atoms with E-state index in [-0.39, 0.29) is 23.4 Å². The van der Waals surface area contributed by atoms with Gasteiger partial charge in [0.25, 0.3) is 10.0 Å². The van der Waals surface area contributed by atoms with Crippen LogP contribution in [0.1, 0.15) is 67.7 Å². The van der Waals surface area contributed by atoms with E-state index in [2.05, 4.69) is 5.32 Å². The Kier molecular flexibility index (Phi) is 10.4. The van der Waals surface area contributed by atoms with Crippen molar-refractivity contribution in [2.75, 3.05) is 10.8 Å². The average Bonchev–Trinajstić information content (AvgIpc) is 2.97. The lowest BCUT2D eigenvalue weighted by Crippen LogP contribution is -2.54. The number of hydrogen-bond donors (Lipinski definition) is 1. The predicted octanol–water partition coefficient (Wildman–Crippen LogP) is 6.06. The van der Waals surface area contributed by atoms with Gasteiger partial charge in [-0.2, -0.15) is 0 Å². The third-order valence-corrected chi connectivity index (χ3v) is 9.77. The van der Waals surface area contributed by atoms with Crippen LogP contribution in [0.5, 0.6) is 0 Å². The van der Waals surface area contributed by atoms with Gasteiger partial charge in [0.15, 0.2) is 0 Å². The monoisotopic (exact) mass is 589 g/mol. The van der Waals surface area contributed by atoms with E-state index < -0.39 is 28.5 Å². The molecule has 224 valence electrons. The van der Waals surface area contributed by atoms with E-state index in [1.807, 2.05) is 64.1 Å². The molecule has 42 heavy (non-hydrogen) atoms. The van der Waals surface area contributed by atoms with Crippen molar-refractivity contribution in [3.8, 4) is 0 Å². The van der Waals surface area contributed by atoms with Gasteiger partial charge in [0.2, 0.25) is 11.8 Å². The third-order valence-electron chi connectivity index (χ3n) is 7.98. The fourth-order valence-corrected chi connectivity index (χ4v) is 6.96. The molecule has 1 saturated carbocycles. The molecule has 1 atom stereocenters. The number of anilines is 1. The van der Waals surface area contributed by atoms with Crippen LogP contribution in [0.2, 0.25) is 0 Å². The van der Waals surface area contributed by atoms with Crippen LogP contribution in [0, 0.1) is 20.8 Å². The first-order valence-corrected chi connectivity index (χ1v) is 16.3. The van der Waals surface area contributed by atoms with Gasteiger partial charge >= 0.3 is 0 Å². The highest BCUT2D eigenvalue weighted by Crippen LogP contribution is 2.26. The summed E-state index contributed by atoms with van der Waals surface area (Å²) in [4.78, 5) is 29.6. The molecule has 0 spiro atoms. The molecule has 0 radical (unpaired) electrons. The van der Waals surface area contributed by atoms with Gasteiger partial charge in [-0.05, 0) is 69.9 Å². The fraction of sp³-hybridized carbons (Fsp3) is 0.412. The average molecular weight is 590 g/mol. The van der Waals surface area contributed by atoms with E-state index in [9.17, 15) is 18.0 Å². The molecule has 8 heteroatoms. The maximum absolute atomic E-state index is 14.3. The second kappa shape index (κ2) is 14.0. The molecular weight excluding hydrogens is 546 g/mol. The minimum atomic E-state index is -4.08. The number of benzene rings is 3. The Morgan fingerprint density at radius 3 is 2.07 bits per heavy atom. The number of rotatable bonds is 11. The summed E-state index contributed by atoms with van der Waals surface area (Å²) >= 11 is 0. The standard InChI is InChI=1S/C34H43N3O4S/c1-5-32(34(39)35-29-12-7-6-8-13-29)36(23-28-11-9-10-27(4)22-28)33(38)24-37(30-18-14-25(2)15-19-30)42(40,41)31-20-16-26(3)17-21-31/h9-11,14-22,29,32H,5-8,12-13,23-24H2,1-4H3,(H,35,39). The summed E-state index contributed by atoms with van der Waals surface area (Å²) in [6.07, 6.45) is 5.61. The summed E-state index contributed by atoms with van der Waals surface area (Å²) in [7, 11) is -4.08. The van der Waals surface area contributed by atoms with Crippen molar-refractivity contribution < 1.29 is 18.0 Å². The number of amides is 2. The largest absolute Gasteiger partial charge is 0.352 e. The van der Waals surface area contributed by atoms with Crippen molar-refractivity contribution in [1.82, 2.24) is 10.2 Å². The minimum absolute atomic E-state index is 0.0993. The molecule has 1 unspecified atom stereocenters. The molecule has 3 aromatic rings. The number of carbonyl (C=O) groups excluding carboxylic acids is 2. The Bertz CT molecular complexity index is 1460. The van der Waals surface area contributed by atoms with Gasteiger partial charge in [0, 0.05) is 12.6 Å². The molecule has 1 N–H and O–H groups in total. The third kappa shape index (κ3) is 7.79. The van der Waals surface area contributed by atoms with Crippen LogP contribution in [-0.4, -0.2) is 43.8 Å². The first-order chi connectivity index (χ1) is 20.1. The summed E-state index contributed by atoms with van der Waals surface area (Å²) in [5, 5.41) is 3.19. The second-order valence-corrected chi connectivity index (χ2v) is 13.3. The van der Waals surface area contributed by atoms with Crippen LogP contribution in [-0.2, 0) is 26.2 Å². The highest BCUT2D eigenvalue weighted by atomic mass is 32.2. The smallest absolute Gasteiger partial charge is 0.264 e. The lowest BCUT2D eigenvalue weighted by Gasteiger charge is -2.34. The number of sulfonamides is 1. The van der Waals surface area contributed by atoms with Crippen molar-refractivity contribution in [2.45, 2.75) is 89.7 Å². The predicted molar refractivity (Wildman–Crippen MR) is 168 cm³/mol. The van der Waals surface area contributed by atoms with E-state index in [1.54, 1.807) is 41.3 Å². The molecule has 2 amide bonds. The second-order valence-electron chi connectivity index (χ2n) is 11.4. The molecular formula is C34H43N3O4S. The zero-order valence-corrected chi connectivity index (χ0v) is 26.0. The van der Waals surface area contributed by atoms with Crippen molar-refractivity contribution in [1.29, 1.82) is 0 Å². The van der Waals surface area contributed by atoms with Crippen LogP contribution in [0.4, 0.5) is 5.69 Å².